The molecule has 1 heterocycles. The van der Waals surface area contributed by atoms with Gasteiger partial charge < -0.3 is 4.74 Å². The molecule has 3 heteroatoms. The first-order valence-electron chi connectivity index (χ1n) is 9.17. The van der Waals surface area contributed by atoms with Crippen LogP contribution in [-0.4, -0.2) is 0 Å². The minimum Gasteiger partial charge on any atom is -0.455 e. The van der Waals surface area contributed by atoms with Crippen LogP contribution in [0.15, 0.2) is 89.4 Å². The van der Waals surface area contributed by atoms with Crippen LogP contribution in [-0.2, 0) is 5.41 Å². The normalized spacial score (nSPS) is 14.6. The molecule has 1 aliphatic heterocycles. The van der Waals surface area contributed by atoms with Gasteiger partial charge in [0.05, 0.1) is 9.89 Å². The molecule has 0 radical (unpaired) electrons. The van der Waals surface area contributed by atoms with E-state index in [1.165, 1.54) is 22.3 Å². The monoisotopic (exact) mass is 444 g/mol. The molecule has 0 amide bonds. The Morgan fingerprint density at radius 2 is 1.32 bits per heavy atom. The van der Waals surface area contributed by atoms with E-state index in [0.29, 0.717) is 5.02 Å². The summed E-state index contributed by atoms with van der Waals surface area (Å²) in [4.78, 5) is 0. The van der Waals surface area contributed by atoms with E-state index in [2.05, 4.69) is 82.7 Å². The second kappa shape index (κ2) is 5.73. The van der Waals surface area contributed by atoms with Crippen molar-refractivity contribution in [3.63, 3.8) is 0 Å². The lowest BCUT2D eigenvalue weighted by atomic mass is 9.66. The van der Waals surface area contributed by atoms with Gasteiger partial charge in [0.1, 0.15) is 11.5 Å². The maximum atomic E-state index is 6.49. The highest BCUT2D eigenvalue weighted by molar-refractivity contribution is 9.10. The van der Waals surface area contributed by atoms with E-state index in [0.717, 1.165) is 27.1 Å². The van der Waals surface area contributed by atoms with Gasteiger partial charge >= 0.3 is 0 Å². The minimum absolute atomic E-state index is 0.454. The SMILES string of the molecule is Clc1ccc2c(c1)C1(c3ccccc3-c3ccccc31)c1cccc(Br)c1O2. The number of rotatable bonds is 0. The zero-order valence-corrected chi connectivity index (χ0v) is 17.1. The van der Waals surface area contributed by atoms with Crippen LogP contribution in [0, 0.1) is 0 Å². The lowest BCUT2D eigenvalue weighted by Crippen LogP contribution is -2.32. The summed E-state index contributed by atoms with van der Waals surface area (Å²) in [6.07, 6.45) is 0. The Morgan fingerprint density at radius 3 is 2.04 bits per heavy atom. The Morgan fingerprint density at radius 1 is 0.679 bits per heavy atom. The Kier molecular flexibility index (Phi) is 3.36. The average Bonchev–Trinajstić information content (AvgIpc) is 3.01. The summed E-state index contributed by atoms with van der Waals surface area (Å²) in [5.74, 6) is 1.71. The van der Waals surface area contributed by atoms with E-state index in [9.17, 15) is 0 Å². The molecule has 1 aliphatic carbocycles. The van der Waals surface area contributed by atoms with E-state index in [-0.39, 0.29) is 0 Å². The molecule has 6 rings (SSSR count). The molecule has 0 aromatic heterocycles. The molecule has 1 spiro atoms. The highest BCUT2D eigenvalue weighted by atomic mass is 79.9. The van der Waals surface area contributed by atoms with E-state index >= 15 is 0 Å². The Balaban J connectivity index is 1.87. The third-order valence-corrected chi connectivity index (χ3v) is 6.74. The highest BCUT2D eigenvalue weighted by Gasteiger charge is 2.51. The molecule has 0 saturated heterocycles. The van der Waals surface area contributed by atoms with Crippen molar-refractivity contribution in [2.75, 3.05) is 0 Å². The molecule has 4 aromatic rings. The maximum absolute atomic E-state index is 6.49. The third-order valence-electron chi connectivity index (χ3n) is 5.88. The first-order chi connectivity index (χ1) is 13.7. The molecule has 0 N–H and O–H groups in total. The molecular weight excluding hydrogens is 432 g/mol. The number of hydrogen-bond acceptors (Lipinski definition) is 1. The van der Waals surface area contributed by atoms with Crippen molar-refractivity contribution < 1.29 is 4.74 Å². The number of ether oxygens (including phenoxy) is 1. The Labute approximate surface area is 176 Å². The summed E-state index contributed by atoms with van der Waals surface area (Å²) in [6.45, 7) is 0. The summed E-state index contributed by atoms with van der Waals surface area (Å²) in [7, 11) is 0. The van der Waals surface area contributed by atoms with Crippen molar-refractivity contribution in [2.45, 2.75) is 5.41 Å². The lowest BCUT2D eigenvalue weighted by molar-refractivity contribution is 0.433. The van der Waals surface area contributed by atoms with Crippen LogP contribution in [0.1, 0.15) is 22.3 Å². The molecule has 0 fully saturated rings. The largest absolute Gasteiger partial charge is 0.455 e. The number of benzene rings is 4. The van der Waals surface area contributed by atoms with Gasteiger partial charge in [-0.15, -0.1) is 0 Å². The van der Waals surface area contributed by atoms with Gasteiger partial charge in [-0.25, -0.2) is 0 Å². The van der Waals surface area contributed by atoms with E-state index < -0.39 is 5.41 Å². The smallest absolute Gasteiger partial charge is 0.146 e. The van der Waals surface area contributed by atoms with Crippen molar-refractivity contribution in [1.82, 2.24) is 0 Å². The van der Waals surface area contributed by atoms with Gasteiger partial charge in [-0.05, 0) is 62.4 Å². The molecule has 4 aromatic carbocycles. The molecule has 2 aliphatic rings. The Hall–Kier alpha value is -2.55. The van der Waals surface area contributed by atoms with E-state index in [1.807, 2.05) is 18.2 Å². The molecule has 0 atom stereocenters. The molecule has 28 heavy (non-hydrogen) atoms. The summed E-state index contributed by atoms with van der Waals surface area (Å²) in [5.41, 5.74) is 6.82. The maximum Gasteiger partial charge on any atom is 0.146 e. The molecular formula is C25H14BrClO. The topological polar surface area (TPSA) is 9.23 Å². The van der Waals surface area contributed by atoms with Crippen molar-refractivity contribution >= 4 is 27.5 Å². The van der Waals surface area contributed by atoms with Crippen molar-refractivity contribution in [1.29, 1.82) is 0 Å². The van der Waals surface area contributed by atoms with E-state index in [1.54, 1.807) is 0 Å². The van der Waals surface area contributed by atoms with Gasteiger partial charge in [-0.3, -0.25) is 0 Å². The van der Waals surface area contributed by atoms with Crippen LogP contribution in [0.2, 0.25) is 5.02 Å². The van der Waals surface area contributed by atoms with Crippen molar-refractivity contribution in [2.24, 2.45) is 0 Å². The van der Waals surface area contributed by atoms with Crippen LogP contribution in [0.25, 0.3) is 11.1 Å². The van der Waals surface area contributed by atoms with Crippen LogP contribution in [0.5, 0.6) is 11.5 Å². The summed E-state index contributed by atoms with van der Waals surface area (Å²) < 4.78 is 7.33. The van der Waals surface area contributed by atoms with Crippen molar-refractivity contribution in [3.05, 3.63) is 117 Å². The predicted octanol–water partition coefficient (Wildman–Crippen LogP) is 7.57. The number of para-hydroxylation sites is 1. The summed E-state index contributed by atoms with van der Waals surface area (Å²) in [6, 6.07) is 29.5. The quantitative estimate of drug-likeness (QED) is 0.234. The van der Waals surface area contributed by atoms with Gasteiger partial charge in [0.15, 0.2) is 0 Å². The van der Waals surface area contributed by atoms with Gasteiger partial charge in [-0.2, -0.15) is 0 Å². The number of fused-ring (bicyclic) bond motifs is 9. The minimum atomic E-state index is -0.454. The molecule has 0 unspecified atom stereocenters. The number of halogens is 2. The molecule has 1 nitrogen and oxygen atoms in total. The Bertz CT molecular complexity index is 1230. The molecule has 0 saturated carbocycles. The fraction of sp³-hybridized carbons (Fsp3) is 0.0400. The van der Waals surface area contributed by atoms with Crippen LogP contribution >= 0.6 is 27.5 Å². The average molecular weight is 446 g/mol. The third kappa shape index (κ3) is 1.92. The van der Waals surface area contributed by atoms with Crippen LogP contribution < -0.4 is 4.74 Å². The van der Waals surface area contributed by atoms with Crippen LogP contribution in [0.3, 0.4) is 0 Å². The van der Waals surface area contributed by atoms with Gasteiger partial charge in [0.2, 0.25) is 0 Å². The zero-order valence-electron chi connectivity index (χ0n) is 14.7. The standard InChI is InChI=1S/C25H14BrClO/c26-22-11-5-10-20-24(22)28-23-13-12-15(27)14-21(23)25(20)18-8-3-1-6-16(18)17-7-2-4-9-19(17)25/h1-14H. The molecule has 134 valence electrons. The fourth-order valence-corrected chi connectivity index (χ4v) is 5.48. The number of hydrogen-bond donors (Lipinski definition) is 0. The lowest BCUT2D eigenvalue weighted by Gasteiger charge is -2.39. The second-order valence-corrected chi connectivity index (χ2v) is 8.49. The van der Waals surface area contributed by atoms with Crippen LogP contribution in [0.4, 0.5) is 0 Å². The predicted molar refractivity (Wildman–Crippen MR) is 117 cm³/mol. The second-order valence-electron chi connectivity index (χ2n) is 7.20. The van der Waals surface area contributed by atoms with Gasteiger partial charge in [-0.1, -0.05) is 72.3 Å². The zero-order chi connectivity index (χ0) is 18.9. The fourth-order valence-electron chi connectivity index (χ4n) is 4.86. The first kappa shape index (κ1) is 16.4. The highest BCUT2D eigenvalue weighted by Crippen LogP contribution is 2.62. The van der Waals surface area contributed by atoms with E-state index in [4.69, 9.17) is 16.3 Å². The summed E-state index contributed by atoms with van der Waals surface area (Å²) >= 11 is 10.2. The molecule has 0 bridgehead atoms. The van der Waals surface area contributed by atoms with Gasteiger partial charge in [0, 0.05) is 16.1 Å². The summed E-state index contributed by atoms with van der Waals surface area (Å²) in [5, 5.41) is 0.710. The van der Waals surface area contributed by atoms with Crippen molar-refractivity contribution in [3.8, 4) is 22.6 Å². The first-order valence-corrected chi connectivity index (χ1v) is 10.3. The van der Waals surface area contributed by atoms with Gasteiger partial charge in [0.25, 0.3) is 0 Å².